The fourth-order valence-electron chi connectivity index (χ4n) is 1.54. The summed E-state index contributed by atoms with van der Waals surface area (Å²) in [5.74, 6) is 6.16. The molecule has 5 nitrogen and oxygen atoms in total. The Kier molecular flexibility index (Phi) is 7.17. The summed E-state index contributed by atoms with van der Waals surface area (Å²) in [5, 5.41) is 9.67. The van der Waals surface area contributed by atoms with Crippen LogP contribution in [-0.2, 0) is 0 Å². The highest BCUT2D eigenvalue weighted by Crippen LogP contribution is 2.11. The normalized spacial score (nSPS) is 10.2. The smallest absolute Gasteiger partial charge is 0.171 e. The first kappa shape index (κ1) is 15.7. The maximum absolute atomic E-state index is 11.8. The van der Waals surface area contributed by atoms with E-state index in [-0.39, 0.29) is 5.78 Å². The Hall–Kier alpha value is -1.37. The molecule has 0 radical (unpaired) electrons. The average molecular weight is 280 g/mol. The highest BCUT2D eigenvalue weighted by atomic mass is 32.2. The van der Waals surface area contributed by atoms with E-state index < -0.39 is 0 Å². The van der Waals surface area contributed by atoms with Crippen LogP contribution in [-0.4, -0.2) is 28.3 Å². The Bertz CT molecular complexity index is 406. The lowest BCUT2D eigenvalue weighted by atomic mass is 10.1. The fraction of sp³-hybridized carbons (Fsp3) is 0.385. The van der Waals surface area contributed by atoms with Gasteiger partial charge in [0, 0.05) is 24.3 Å². The average Bonchev–Trinajstić information content (AvgIpc) is 2.45. The first-order valence-electron chi connectivity index (χ1n) is 6.22. The van der Waals surface area contributed by atoms with Crippen molar-refractivity contribution in [2.75, 3.05) is 12.3 Å². The zero-order valence-electron chi connectivity index (χ0n) is 11.1. The molecule has 6 heteroatoms. The number of hydrazine groups is 2. The van der Waals surface area contributed by atoms with Crippen LogP contribution in [0.3, 0.4) is 0 Å². The molecule has 0 spiro atoms. The van der Waals surface area contributed by atoms with Crippen molar-refractivity contribution in [2.45, 2.75) is 19.8 Å². The number of Topliss-reactive ketones (excluding diaryl/α,β-unsaturated/α-hetero) is 1. The van der Waals surface area contributed by atoms with E-state index in [1.807, 2.05) is 37.3 Å². The van der Waals surface area contributed by atoms with Crippen LogP contribution in [0, 0.1) is 5.41 Å². The molecule has 0 saturated heterocycles. The molecule has 0 aliphatic carbocycles. The summed E-state index contributed by atoms with van der Waals surface area (Å²) in [5.41, 5.74) is 3.20. The standard InChI is InChI=1S/C13H20N4OS/c1-2-17(16-15)13(14)19-10-6-9-12(18)11-7-4-3-5-8-11/h3-5,7-8,14,16H,2,6,9-10,15H2,1H3. The van der Waals surface area contributed by atoms with Gasteiger partial charge in [-0.3, -0.25) is 21.1 Å². The van der Waals surface area contributed by atoms with Gasteiger partial charge in [0.15, 0.2) is 11.0 Å². The molecule has 0 amide bonds. The number of rotatable bonds is 7. The first-order valence-corrected chi connectivity index (χ1v) is 7.21. The number of nitrogens with zero attached hydrogens (tertiary/aromatic N) is 1. The van der Waals surface area contributed by atoms with E-state index in [2.05, 4.69) is 5.53 Å². The van der Waals surface area contributed by atoms with Gasteiger partial charge in [0.05, 0.1) is 0 Å². The van der Waals surface area contributed by atoms with Gasteiger partial charge >= 0.3 is 0 Å². The number of carbonyl (C=O) groups excluding carboxylic acids is 1. The van der Waals surface area contributed by atoms with Crippen LogP contribution in [0.15, 0.2) is 30.3 Å². The van der Waals surface area contributed by atoms with Crippen molar-refractivity contribution < 1.29 is 4.79 Å². The number of amidine groups is 1. The molecule has 0 saturated carbocycles. The van der Waals surface area contributed by atoms with Crippen molar-refractivity contribution in [1.82, 2.24) is 10.5 Å². The van der Waals surface area contributed by atoms with E-state index >= 15 is 0 Å². The summed E-state index contributed by atoms with van der Waals surface area (Å²) < 4.78 is 0. The van der Waals surface area contributed by atoms with Crippen LogP contribution >= 0.6 is 11.8 Å². The Morgan fingerprint density at radius 1 is 1.42 bits per heavy atom. The number of nitrogens with one attached hydrogen (secondary N) is 2. The number of thioether (sulfide) groups is 1. The SMILES string of the molecule is CCN(NN)C(=N)SCCCC(=O)c1ccccc1. The van der Waals surface area contributed by atoms with Crippen molar-refractivity contribution in [3.63, 3.8) is 0 Å². The molecule has 0 unspecified atom stereocenters. The minimum Gasteiger partial charge on any atom is -0.294 e. The molecule has 1 aromatic carbocycles. The van der Waals surface area contributed by atoms with Gasteiger partial charge in [-0.15, -0.1) is 0 Å². The molecule has 4 N–H and O–H groups in total. The van der Waals surface area contributed by atoms with Gasteiger partial charge in [-0.25, -0.2) is 0 Å². The number of nitrogens with two attached hydrogens (primary N) is 1. The van der Waals surface area contributed by atoms with Crippen molar-refractivity contribution >= 4 is 22.7 Å². The van der Waals surface area contributed by atoms with E-state index in [9.17, 15) is 4.79 Å². The lowest BCUT2D eigenvalue weighted by molar-refractivity contribution is 0.0982. The molecule has 0 aliphatic rings. The summed E-state index contributed by atoms with van der Waals surface area (Å²) in [4.78, 5) is 11.8. The number of carbonyl (C=O) groups is 1. The van der Waals surface area contributed by atoms with Crippen molar-refractivity contribution in [1.29, 1.82) is 5.41 Å². The van der Waals surface area contributed by atoms with E-state index in [0.29, 0.717) is 18.1 Å². The maximum Gasteiger partial charge on any atom is 0.171 e. The predicted molar refractivity (Wildman–Crippen MR) is 79.9 cm³/mol. The number of ketones is 1. The van der Waals surface area contributed by atoms with Gasteiger partial charge < -0.3 is 0 Å². The second-order valence-corrected chi connectivity index (χ2v) is 5.00. The maximum atomic E-state index is 11.8. The molecule has 0 aliphatic heterocycles. The lowest BCUT2D eigenvalue weighted by Crippen LogP contribution is -2.45. The zero-order valence-corrected chi connectivity index (χ0v) is 11.9. The Balaban J connectivity index is 2.24. The van der Waals surface area contributed by atoms with Gasteiger partial charge in [-0.1, -0.05) is 42.1 Å². The van der Waals surface area contributed by atoms with Crippen LogP contribution in [0.5, 0.6) is 0 Å². The van der Waals surface area contributed by atoms with Gasteiger partial charge in [-0.2, -0.15) is 5.53 Å². The van der Waals surface area contributed by atoms with Gasteiger partial charge in [0.1, 0.15) is 0 Å². The number of benzene rings is 1. The van der Waals surface area contributed by atoms with Gasteiger partial charge in [-0.05, 0) is 13.3 Å². The highest BCUT2D eigenvalue weighted by Gasteiger charge is 2.08. The molecule has 0 aromatic heterocycles. The second-order valence-electron chi connectivity index (χ2n) is 3.92. The second kappa shape index (κ2) is 8.68. The molecule has 0 fully saturated rings. The number of hydrogen-bond acceptors (Lipinski definition) is 5. The van der Waals surface area contributed by atoms with E-state index in [1.54, 1.807) is 5.01 Å². The van der Waals surface area contributed by atoms with Gasteiger partial charge in [0.2, 0.25) is 0 Å². The topological polar surface area (TPSA) is 82.2 Å². The highest BCUT2D eigenvalue weighted by molar-refractivity contribution is 8.13. The quantitative estimate of drug-likeness (QED) is 0.178. The van der Waals surface area contributed by atoms with Crippen molar-refractivity contribution in [2.24, 2.45) is 5.84 Å². The molecular weight excluding hydrogens is 260 g/mol. The lowest BCUT2D eigenvalue weighted by Gasteiger charge is -2.20. The molecule has 0 heterocycles. The molecular formula is C13H20N4OS. The van der Waals surface area contributed by atoms with Crippen molar-refractivity contribution in [3.8, 4) is 0 Å². The summed E-state index contributed by atoms with van der Waals surface area (Å²) in [6.07, 6.45) is 1.26. The largest absolute Gasteiger partial charge is 0.294 e. The van der Waals surface area contributed by atoms with Crippen LogP contribution in [0.1, 0.15) is 30.1 Å². The Labute approximate surface area is 118 Å². The first-order chi connectivity index (χ1) is 9.19. The van der Waals surface area contributed by atoms with Crippen LogP contribution in [0.2, 0.25) is 0 Å². The van der Waals surface area contributed by atoms with E-state index in [4.69, 9.17) is 11.3 Å². The van der Waals surface area contributed by atoms with Crippen LogP contribution in [0.4, 0.5) is 0 Å². The predicted octanol–water partition coefficient (Wildman–Crippen LogP) is 2.02. The van der Waals surface area contributed by atoms with Crippen molar-refractivity contribution in [3.05, 3.63) is 35.9 Å². The minimum absolute atomic E-state index is 0.150. The monoisotopic (exact) mass is 280 g/mol. The third-order valence-corrected chi connectivity index (χ3v) is 3.59. The summed E-state index contributed by atoms with van der Waals surface area (Å²) in [7, 11) is 0. The summed E-state index contributed by atoms with van der Waals surface area (Å²) >= 11 is 1.39. The zero-order chi connectivity index (χ0) is 14.1. The van der Waals surface area contributed by atoms with Gasteiger partial charge in [0.25, 0.3) is 0 Å². The fourth-order valence-corrected chi connectivity index (χ4v) is 2.36. The Morgan fingerprint density at radius 2 is 2.11 bits per heavy atom. The molecule has 1 aromatic rings. The van der Waals surface area contributed by atoms with E-state index in [1.165, 1.54) is 11.8 Å². The van der Waals surface area contributed by atoms with Crippen LogP contribution in [0.25, 0.3) is 0 Å². The molecule has 104 valence electrons. The van der Waals surface area contributed by atoms with E-state index in [0.717, 1.165) is 17.7 Å². The summed E-state index contributed by atoms with van der Waals surface area (Å²) in [6, 6.07) is 9.28. The summed E-state index contributed by atoms with van der Waals surface area (Å²) in [6.45, 7) is 2.54. The molecule has 19 heavy (non-hydrogen) atoms. The molecule has 1 rings (SSSR count). The third kappa shape index (κ3) is 5.42. The number of hydrogen-bond donors (Lipinski definition) is 3. The minimum atomic E-state index is 0.150. The Morgan fingerprint density at radius 3 is 2.68 bits per heavy atom. The molecule has 0 bridgehead atoms. The molecule has 0 atom stereocenters. The van der Waals surface area contributed by atoms with Crippen LogP contribution < -0.4 is 11.4 Å². The third-order valence-electron chi connectivity index (χ3n) is 2.60.